The Morgan fingerprint density at radius 3 is 2.78 bits per heavy atom. The molecule has 1 saturated heterocycles. The predicted octanol–water partition coefficient (Wildman–Crippen LogP) is 4.41. The standard InChI is InChI=1S/C28H29N5O3S/c1-18(20-7-8-20)32(16-19-5-3-2-4-6-19)24(34)17-33-25(35)28(31-27(33)36)12-11-21-15-22(9-10-23(21)28)30-26-29-13-14-37-26/h2-6,9-10,13-15,18,20H,7-8,11-12,16-17H2,1H3,(H,29,30)(H,31,36)/t18-,28?/m0/s1. The molecule has 3 aromatic rings. The highest BCUT2D eigenvalue weighted by Gasteiger charge is 2.56. The Morgan fingerprint density at radius 1 is 1.24 bits per heavy atom. The second-order valence-electron chi connectivity index (χ2n) is 10.1. The smallest absolute Gasteiger partial charge is 0.325 e. The molecule has 1 spiro atoms. The van der Waals surface area contributed by atoms with E-state index >= 15 is 0 Å². The summed E-state index contributed by atoms with van der Waals surface area (Å²) in [7, 11) is 0. The summed E-state index contributed by atoms with van der Waals surface area (Å²) in [5, 5.41) is 8.92. The summed E-state index contributed by atoms with van der Waals surface area (Å²) < 4.78 is 0. The van der Waals surface area contributed by atoms with E-state index in [1.54, 1.807) is 6.20 Å². The predicted molar refractivity (Wildman–Crippen MR) is 141 cm³/mol. The lowest BCUT2D eigenvalue weighted by Gasteiger charge is -2.31. The fourth-order valence-electron chi connectivity index (χ4n) is 5.58. The summed E-state index contributed by atoms with van der Waals surface area (Å²) >= 11 is 1.51. The first-order valence-corrected chi connectivity index (χ1v) is 13.6. The monoisotopic (exact) mass is 515 g/mol. The van der Waals surface area contributed by atoms with Crippen molar-refractivity contribution in [3.8, 4) is 0 Å². The number of imide groups is 1. The lowest BCUT2D eigenvalue weighted by molar-refractivity contribution is -0.141. The van der Waals surface area contributed by atoms with Gasteiger partial charge in [-0.15, -0.1) is 11.3 Å². The van der Waals surface area contributed by atoms with E-state index in [1.807, 2.05) is 58.8 Å². The number of amides is 4. The van der Waals surface area contributed by atoms with E-state index in [0.717, 1.165) is 45.3 Å². The SMILES string of the molecule is C[C@@H](C1CC1)N(Cc1ccccc1)C(=O)CN1C(=O)NC2(CCc3cc(Nc4nccs4)ccc32)C1=O. The molecule has 2 fully saturated rings. The molecular weight excluding hydrogens is 486 g/mol. The molecule has 1 unspecified atom stereocenters. The molecule has 1 aromatic heterocycles. The highest BCUT2D eigenvalue weighted by Crippen LogP contribution is 2.43. The van der Waals surface area contributed by atoms with Gasteiger partial charge in [0.2, 0.25) is 5.91 Å². The van der Waals surface area contributed by atoms with Gasteiger partial charge in [0.1, 0.15) is 12.1 Å². The minimum atomic E-state index is -1.11. The molecule has 190 valence electrons. The minimum absolute atomic E-state index is 0.0541. The van der Waals surface area contributed by atoms with E-state index in [-0.39, 0.29) is 24.4 Å². The van der Waals surface area contributed by atoms with Crippen molar-refractivity contribution in [3.05, 3.63) is 76.8 Å². The Morgan fingerprint density at radius 2 is 2.05 bits per heavy atom. The number of benzene rings is 2. The molecule has 2 heterocycles. The van der Waals surface area contributed by atoms with Crippen LogP contribution in [0.25, 0.3) is 0 Å². The van der Waals surface area contributed by atoms with Crippen molar-refractivity contribution in [2.24, 2.45) is 5.92 Å². The molecule has 2 N–H and O–H groups in total. The van der Waals surface area contributed by atoms with Crippen LogP contribution in [0.4, 0.5) is 15.6 Å². The third-order valence-electron chi connectivity index (χ3n) is 7.80. The molecule has 1 saturated carbocycles. The zero-order valence-corrected chi connectivity index (χ0v) is 21.5. The maximum absolute atomic E-state index is 13.7. The van der Waals surface area contributed by atoms with Crippen molar-refractivity contribution in [1.29, 1.82) is 0 Å². The minimum Gasteiger partial charge on any atom is -0.334 e. The number of carbonyl (C=O) groups excluding carboxylic acids is 3. The van der Waals surface area contributed by atoms with E-state index in [0.29, 0.717) is 25.3 Å². The summed E-state index contributed by atoms with van der Waals surface area (Å²) in [4.78, 5) is 47.5. The number of urea groups is 1. The van der Waals surface area contributed by atoms with E-state index in [4.69, 9.17) is 0 Å². The van der Waals surface area contributed by atoms with E-state index < -0.39 is 11.6 Å². The molecule has 6 rings (SSSR count). The number of anilines is 2. The molecule has 2 aromatic carbocycles. The van der Waals surface area contributed by atoms with E-state index in [1.165, 1.54) is 11.3 Å². The lowest BCUT2D eigenvalue weighted by atomic mass is 9.91. The average Bonchev–Trinajstić information content (AvgIpc) is 3.44. The van der Waals surface area contributed by atoms with Crippen molar-refractivity contribution in [1.82, 2.24) is 20.1 Å². The molecule has 9 heteroatoms. The summed E-state index contributed by atoms with van der Waals surface area (Å²) in [5.74, 6) is -0.0787. The fraction of sp³-hybridized carbons (Fsp3) is 0.357. The third-order valence-corrected chi connectivity index (χ3v) is 8.49. The van der Waals surface area contributed by atoms with Crippen LogP contribution in [0.15, 0.2) is 60.1 Å². The summed E-state index contributed by atoms with van der Waals surface area (Å²) in [5.41, 5.74) is 2.62. The van der Waals surface area contributed by atoms with Crippen LogP contribution >= 0.6 is 11.3 Å². The number of fused-ring (bicyclic) bond motifs is 2. The van der Waals surface area contributed by atoms with Crippen molar-refractivity contribution >= 4 is 40.0 Å². The van der Waals surface area contributed by atoms with Crippen LogP contribution in [0.2, 0.25) is 0 Å². The molecule has 37 heavy (non-hydrogen) atoms. The Labute approximate surface area is 219 Å². The maximum atomic E-state index is 13.7. The van der Waals surface area contributed by atoms with Gasteiger partial charge in [-0.25, -0.2) is 9.78 Å². The second-order valence-corrected chi connectivity index (χ2v) is 11.0. The Balaban J connectivity index is 1.21. The van der Waals surface area contributed by atoms with Crippen LogP contribution in [0.1, 0.15) is 42.9 Å². The van der Waals surface area contributed by atoms with Crippen molar-refractivity contribution in [2.45, 2.75) is 50.7 Å². The highest BCUT2D eigenvalue weighted by atomic mass is 32.1. The molecule has 1 aliphatic heterocycles. The Kier molecular flexibility index (Phi) is 5.95. The average molecular weight is 516 g/mol. The highest BCUT2D eigenvalue weighted by molar-refractivity contribution is 7.13. The van der Waals surface area contributed by atoms with Crippen LogP contribution in [0, 0.1) is 5.92 Å². The molecular formula is C28H29N5O3S. The lowest BCUT2D eigenvalue weighted by Crippen LogP contribution is -2.47. The number of nitrogens with one attached hydrogen (secondary N) is 2. The van der Waals surface area contributed by atoms with Crippen LogP contribution in [-0.2, 0) is 28.1 Å². The first kappa shape index (κ1) is 23.7. The van der Waals surface area contributed by atoms with Gasteiger partial charge < -0.3 is 15.5 Å². The Hall–Kier alpha value is -3.72. The molecule has 0 bridgehead atoms. The number of hydrogen-bond acceptors (Lipinski definition) is 6. The van der Waals surface area contributed by atoms with Crippen LogP contribution in [0.3, 0.4) is 0 Å². The van der Waals surface area contributed by atoms with Gasteiger partial charge in [-0.1, -0.05) is 36.4 Å². The number of hydrogen-bond donors (Lipinski definition) is 2. The topological polar surface area (TPSA) is 94.6 Å². The van der Waals surface area contributed by atoms with E-state index in [2.05, 4.69) is 22.5 Å². The largest absolute Gasteiger partial charge is 0.334 e. The van der Waals surface area contributed by atoms with Crippen LogP contribution in [-0.4, -0.2) is 45.2 Å². The van der Waals surface area contributed by atoms with Gasteiger partial charge in [0.25, 0.3) is 5.91 Å². The van der Waals surface area contributed by atoms with E-state index in [9.17, 15) is 14.4 Å². The van der Waals surface area contributed by atoms with Crippen molar-refractivity contribution in [3.63, 3.8) is 0 Å². The van der Waals surface area contributed by atoms with Gasteiger partial charge in [0, 0.05) is 29.9 Å². The number of thiazole rings is 1. The summed E-state index contributed by atoms with van der Waals surface area (Å²) in [6, 6.07) is 15.2. The number of aryl methyl sites for hydroxylation is 1. The third kappa shape index (κ3) is 4.37. The van der Waals surface area contributed by atoms with Gasteiger partial charge in [0.15, 0.2) is 5.13 Å². The first-order valence-electron chi connectivity index (χ1n) is 12.7. The maximum Gasteiger partial charge on any atom is 0.325 e. The number of rotatable bonds is 8. The molecule has 0 radical (unpaired) electrons. The van der Waals surface area contributed by atoms with Crippen molar-refractivity contribution < 1.29 is 14.4 Å². The summed E-state index contributed by atoms with van der Waals surface area (Å²) in [6.07, 6.45) is 5.08. The summed E-state index contributed by atoms with van der Waals surface area (Å²) in [6.45, 7) is 2.27. The molecule has 4 amide bonds. The van der Waals surface area contributed by atoms with Gasteiger partial charge >= 0.3 is 6.03 Å². The zero-order valence-electron chi connectivity index (χ0n) is 20.6. The number of nitrogens with zero attached hydrogens (tertiary/aromatic N) is 3. The van der Waals surface area contributed by atoms with Crippen LogP contribution < -0.4 is 10.6 Å². The van der Waals surface area contributed by atoms with Gasteiger partial charge in [-0.05, 0) is 67.3 Å². The molecule has 3 aliphatic rings. The fourth-order valence-corrected chi connectivity index (χ4v) is 6.13. The first-order chi connectivity index (χ1) is 17.9. The number of aromatic nitrogens is 1. The van der Waals surface area contributed by atoms with Gasteiger partial charge in [0.05, 0.1) is 0 Å². The Bertz CT molecular complexity index is 1340. The van der Waals surface area contributed by atoms with Crippen molar-refractivity contribution in [2.75, 3.05) is 11.9 Å². The number of carbonyl (C=O) groups is 3. The van der Waals surface area contributed by atoms with Gasteiger partial charge in [-0.3, -0.25) is 14.5 Å². The van der Waals surface area contributed by atoms with Crippen LogP contribution in [0.5, 0.6) is 0 Å². The quantitative estimate of drug-likeness (QED) is 0.434. The molecule has 8 nitrogen and oxygen atoms in total. The normalized spacial score (nSPS) is 21.2. The molecule has 2 atom stereocenters. The molecule has 2 aliphatic carbocycles. The zero-order chi connectivity index (χ0) is 25.6. The van der Waals surface area contributed by atoms with Gasteiger partial charge in [-0.2, -0.15) is 0 Å². The second kappa shape index (κ2) is 9.30.